The lowest BCUT2D eigenvalue weighted by molar-refractivity contribution is 0.0697. The van der Waals surface area contributed by atoms with Crippen molar-refractivity contribution in [3.05, 3.63) is 28.3 Å². The maximum Gasteiger partial charge on any atom is 0.337 e. The highest BCUT2D eigenvalue weighted by molar-refractivity contribution is 6.31. The van der Waals surface area contributed by atoms with Gasteiger partial charge in [-0.2, -0.15) is 0 Å². The molecule has 2 saturated carbocycles. The third-order valence-electron chi connectivity index (χ3n) is 6.99. The van der Waals surface area contributed by atoms with Crippen molar-refractivity contribution in [2.45, 2.75) is 57.9 Å². The largest absolute Gasteiger partial charge is 0.478 e. The van der Waals surface area contributed by atoms with E-state index in [4.69, 9.17) is 11.6 Å². The van der Waals surface area contributed by atoms with E-state index in [2.05, 4.69) is 19.2 Å². The van der Waals surface area contributed by atoms with Crippen molar-refractivity contribution >= 4 is 23.3 Å². The summed E-state index contributed by atoms with van der Waals surface area (Å²) in [6.07, 6.45) is 6.21. The van der Waals surface area contributed by atoms with Gasteiger partial charge in [-0.1, -0.05) is 38.3 Å². The zero-order valence-electron chi connectivity index (χ0n) is 14.4. The minimum Gasteiger partial charge on any atom is -0.478 e. The van der Waals surface area contributed by atoms with Gasteiger partial charge in [-0.3, -0.25) is 0 Å². The molecule has 0 aromatic heterocycles. The maximum atomic E-state index is 11.8. The third kappa shape index (κ3) is 2.28. The van der Waals surface area contributed by atoms with Crippen molar-refractivity contribution in [1.82, 2.24) is 0 Å². The normalized spacial score (nSPS) is 33.2. The van der Waals surface area contributed by atoms with Gasteiger partial charge >= 0.3 is 5.97 Å². The fourth-order valence-corrected chi connectivity index (χ4v) is 6.25. The number of fused-ring (bicyclic) bond motifs is 7. The average Bonchev–Trinajstić information content (AvgIpc) is 3.17. The summed E-state index contributed by atoms with van der Waals surface area (Å²) in [5.41, 5.74) is 2.35. The molecule has 0 amide bonds. The van der Waals surface area contributed by atoms with Crippen LogP contribution in [0.25, 0.3) is 0 Å². The van der Waals surface area contributed by atoms with Gasteiger partial charge in [-0.25, -0.2) is 4.79 Å². The highest BCUT2D eigenvalue weighted by Gasteiger charge is 2.54. The lowest BCUT2D eigenvalue weighted by atomic mass is 9.65. The molecule has 0 radical (unpaired) electrons. The molecule has 2 aliphatic carbocycles. The molecule has 4 heteroatoms. The number of anilines is 1. The van der Waals surface area contributed by atoms with E-state index in [0.717, 1.165) is 24.4 Å². The molecule has 4 rings (SSSR count). The van der Waals surface area contributed by atoms with E-state index in [1.54, 1.807) is 6.07 Å². The third-order valence-corrected chi connectivity index (χ3v) is 7.20. The Morgan fingerprint density at radius 3 is 2.67 bits per heavy atom. The van der Waals surface area contributed by atoms with Gasteiger partial charge in [0.15, 0.2) is 0 Å². The second-order valence-corrected chi connectivity index (χ2v) is 8.34. The second kappa shape index (κ2) is 5.94. The zero-order chi connectivity index (χ0) is 17.0. The molecular weight excluding hydrogens is 322 g/mol. The number of nitrogens with one attached hydrogen (secondary N) is 1. The molecule has 0 unspecified atom stereocenters. The van der Waals surface area contributed by atoms with E-state index in [0.29, 0.717) is 40.3 Å². The van der Waals surface area contributed by atoms with Gasteiger partial charge in [0.2, 0.25) is 0 Å². The van der Waals surface area contributed by atoms with Crippen LogP contribution in [-0.4, -0.2) is 17.1 Å². The molecule has 3 aliphatic rings. The number of hydrogen-bond donors (Lipinski definition) is 2. The number of hydrogen-bond acceptors (Lipinski definition) is 2. The Kier molecular flexibility index (Phi) is 4.03. The predicted octanol–water partition coefficient (Wildman–Crippen LogP) is 5.40. The molecule has 2 bridgehead atoms. The van der Waals surface area contributed by atoms with Crippen molar-refractivity contribution < 1.29 is 9.90 Å². The van der Waals surface area contributed by atoms with E-state index in [1.165, 1.54) is 24.8 Å². The van der Waals surface area contributed by atoms with E-state index in [1.807, 2.05) is 6.07 Å². The van der Waals surface area contributed by atoms with Crippen molar-refractivity contribution in [1.29, 1.82) is 0 Å². The summed E-state index contributed by atoms with van der Waals surface area (Å²) >= 11 is 6.28. The van der Waals surface area contributed by atoms with Crippen LogP contribution in [0.3, 0.4) is 0 Å². The van der Waals surface area contributed by atoms with Crippen LogP contribution in [0.15, 0.2) is 12.1 Å². The van der Waals surface area contributed by atoms with Crippen molar-refractivity contribution in [3.8, 4) is 0 Å². The van der Waals surface area contributed by atoms with E-state index in [9.17, 15) is 9.90 Å². The van der Waals surface area contributed by atoms with Crippen LogP contribution in [0.2, 0.25) is 5.02 Å². The summed E-state index contributed by atoms with van der Waals surface area (Å²) < 4.78 is 0. The van der Waals surface area contributed by atoms with Crippen LogP contribution in [-0.2, 0) is 0 Å². The Labute approximate surface area is 148 Å². The number of carbonyl (C=O) groups is 1. The predicted molar refractivity (Wildman–Crippen MR) is 97.0 cm³/mol. The molecule has 1 aromatic rings. The first kappa shape index (κ1) is 16.3. The number of halogens is 1. The Bertz CT molecular complexity index is 670. The Morgan fingerprint density at radius 2 is 2.00 bits per heavy atom. The van der Waals surface area contributed by atoms with E-state index >= 15 is 0 Å². The summed E-state index contributed by atoms with van der Waals surface area (Å²) in [5, 5.41) is 13.9. The Hall–Kier alpha value is -1.22. The maximum absolute atomic E-state index is 11.8. The highest BCUT2D eigenvalue weighted by Crippen LogP contribution is 2.62. The number of carboxylic acid groups (broad SMARTS) is 1. The molecule has 2 N–H and O–H groups in total. The quantitative estimate of drug-likeness (QED) is 0.766. The van der Waals surface area contributed by atoms with Gasteiger partial charge in [-0.05, 0) is 66.5 Å². The fourth-order valence-electron chi connectivity index (χ4n) is 6.03. The summed E-state index contributed by atoms with van der Waals surface area (Å²) in [4.78, 5) is 11.8. The number of benzene rings is 1. The molecule has 1 aliphatic heterocycles. The zero-order valence-corrected chi connectivity index (χ0v) is 15.1. The molecule has 1 heterocycles. The molecule has 1 aromatic carbocycles. The number of carboxylic acids is 1. The van der Waals surface area contributed by atoms with Crippen molar-refractivity contribution in [2.24, 2.45) is 23.7 Å². The van der Waals surface area contributed by atoms with Gasteiger partial charge in [0.1, 0.15) is 0 Å². The molecule has 5 atom stereocenters. The standard InChI is InChI=1S/C20H26ClNO2/c1-3-10(4-2)18-17-12-6-5-11(7-12)16(17)14-8-13(21)9-15(20(23)24)19(14)22-18/h8-12,16-18,22H,3-7H2,1-2H3,(H,23,24)/t11-,12-,16+,17+,18+/m0/s1. The van der Waals surface area contributed by atoms with Crippen LogP contribution in [0.4, 0.5) is 5.69 Å². The van der Waals surface area contributed by atoms with Crippen LogP contribution < -0.4 is 5.32 Å². The molecular formula is C20H26ClNO2. The molecule has 0 saturated heterocycles. The van der Waals surface area contributed by atoms with Crippen molar-refractivity contribution in [2.75, 3.05) is 5.32 Å². The van der Waals surface area contributed by atoms with Crippen LogP contribution >= 0.6 is 11.6 Å². The molecule has 0 spiro atoms. The van der Waals surface area contributed by atoms with Gasteiger partial charge in [0, 0.05) is 11.1 Å². The first-order valence-corrected chi connectivity index (χ1v) is 9.76. The van der Waals surface area contributed by atoms with Gasteiger partial charge < -0.3 is 10.4 Å². The average molecular weight is 348 g/mol. The summed E-state index contributed by atoms with van der Waals surface area (Å²) in [6, 6.07) is 4.03. The fraction of sp³-hybridized carbons (Fsp3) is 0.650. The van der Waals surface area contributed by atoms with Crippen LogP contribution in [0.5, 0.6) is 0 Å². The lowest BCUT2D eigenvalue weighted by Crippen LogP contribution is -2.45. The molecule has 24 heavy (non-hydrogen) atoms. The smallest absolute Gasteiger partial charge is 0.337 e. The summed E-state index contributed by atoms with van der Waals surface area (Å²) in [7, 11) is 0. The Balaban J connectivity index is 1.86. The van der Waals surface area contributed by atoms with E-state index in [-0.39, 0.29) is 0 Å². The minimum absolute atomic E-state index is 0.342. The summed E-state index contributed by atoms with van der Waals surface area (Å²) in [5.74, 6) is 2.34. The molecule has 2 fully saturated rings. The second-order valence-electron chi connectivity index (χ2n) is 7.91. The first-order chi connectivity index (χ1) is 11.5. The monoisotopic (exact) mass is 347 g/mol. The highest BCUT2D eigenvalue weighted by atomic mass is 35.5. The lowest BCUT2D eigenvalue weighted by Gasteiger charge is -2.46. The number of aromatic carboxylic acids is 1. The van der Waals surface area contributed by atoms with Crippen LogP contribution in [0.1, 0.15) is 67.8 Å². The van der Waals surface area contributed by atoms with Gasteiger partial charge in [0.25, 0.3) is 0 Å². The van der Waals surface area contributed by atoms with Crippen LogP contribution in [0, 0.1) is 23.7 Å². The van der Waals surface area contributed by atoms with Gasteiger partial charge in [0.05, 0.1) is 11.3 Å². The molecule has 130 valence electrons. The SMILES string of the molecule is CCC(CC)[C@H]1Nc2c(C(=O)O)cc(Cl)cc2[C@H]2[C@H]3CC[C@@H](C3)[C@H]21. The van der Waals surface area contributed by atoms with Gasteiger partial charge in [-0.15, -0.1) is 0 Å². The van der Waals surface area contributed by atoms with E-state index < -0.39 is 5.97 Å². The minimum atomic E-state index is -0.883. The topological polar surface area (TPSA) is 49.3 Å². The summed E-state index contributed by atoms with van der Waals surface area (Å²) in [6.45, 7) is 4.51. The number of rotatable bonds is 4. The molecule has 3 nitrogen and oxygen atoms in total. The Morgan fingerprint density at radius 1 is 1.29 bits per heavy atom. The first-order valence-electron chi connectivity index (χ1n) is 9.38. The van der Waals surface area contributed by atoms with Crippen molar-refractivity contribution in [3.63, 3.8) is 0 Å².